The maximum Gasteiger partial charge on any atom is 0.455 e. The van der Waals surface area contributed by atoms with Crippen LogP contribution in [0.3, 0.4) is 0 Å². The first-order valence-electron chi connectivity index (χ1n) is 5.42. The first kappa shape index (κ1) is 13.7. The van der Waals surface area contributed by atoms with E-state index in [2.05, 4.69) is 0 Å². The Bertz CT molecular complexity index is 591. The fourth-order valence-electron chi connectivity index (χ4n) is 1.79. The van der Waals surface area contributed by atoms with Crippen LogP contribution in [0.15, 0.2) is 42.5 Å². The molecule has 0 unspecified atom stereocenters. The van der Waals surface area contributed by atoms with E-state index in [1.807, 2.05) is 0 Å². The van der Waals surface area contributed by atoms with Gasteiger partial charge in [0.05, 0.1) is 0 Å². The Hall–Kier alpha value is -1.69. The van der Waals surface area contributed by atoms with Crippen molar-refractivity contribution in [3.63, 3.8) is 0 Å². The summed E-state index contributed by atoms with van der Waals surface area (Å²) >= 11 is 0. The predicted octanol–water partition coefficient (Wildman–Crippen LogP) is 4.04. The lowest BCUT2D eigenvalue weighted by Crippen LogP contribution is -2.45. The van der Waals surface area contributed by atoms with Crippen LogP contribution in [0.4, 0.5) is 22.0 Å². The van der Waals surface area contributed by atoms with E-state index < -0.39 is 18.1 Å². The molecular formula is C13H10F5N. The van der Waals surface area contributed by atoms with E-state index in [-0.39, 0.29) is 5.56 Å². The van der Waals surface area contributed by atoms with Gasteiger partial charge in [-0.3, -0.25) is 0 Å². The van der Waals surface area contributed by atoms with Gasteiger partial charge in [0.25, 0.3) is 0 Å². The number of nitrogens with two attached hydrogens (primary N) is 1. The summed E-state index contributed by atoms with van der Waals surface area (Å²) in [6, 6.07) is 8.25. The molecule has 6 heteroatoms. The summed E-state index contributed by atoms with van der Waals surface area (Å²) in [5.41, 5.74) is 4.83. The molecule has 2 aromatic rings. The smallest absolute Gasteiger partial charge is 0.319 e. The SMILES string of the molecule is N[C@H](c1ccc2ccccc2c1)C(F)(F)C(F)(F)F. The summed E-state index contributed by atoms with van der Waals surface area (Å²) in [5, 5.41) is 1.31. The minimum atomic E-state index is -5.67. The fraction of sp³-hybridized carbons (Fsp3) is 0.231. The van der Waals surface area contributed by atoms with Crippen LogP contribution >= 0.6 is 0 Å². The molecule has 0 fully saturated rings. The Kier molecular flexibility index (Phi) is 3.22. The van der Waals surface area contributed by atoms with Crippen molar-refractivity contribution in [1.29, 1.82) is 0 Å². The number of alkyl halides is 5. The average molecular weight is 275 g/mol. The van der Waals surface area contributed by atoms with Crippen LogP contribution in [0.1, 0.15) is 11.6 Å². The molecule has 0 aliphatic heterocycles. The summed E-state index contributed by atoms with van der Waals surface area (Å²) in [6.07, 6.45) is -5.67. The molecule has 0 radical (unpaired) electrons. The lowest BCUT2D eigenvalue weighted by Gasteiger charge is -2.26. The van der Waals surface area contributed by atoms with Gasteiger partial charge in [0.2, 0.25) is 0 Å². The van der Waals surface area contributed by atoms with E-state index in [4.69, 9.17) is 5.73 Å². The summed E-state index contributed by atoms with van der Waals surface area (Å²) in [5.74, 6) is -4.96. The zero-order chi connectivity index (χ0) is 14.3. The zero-order valence-corrected chi connectivity index (χ0v) is 9.59. The zero-order valence-electron chi connectivity index (χ0n) is 9.59. The number of hydrogen-bond donors (Lipinski definition) is 1. The highest BCUT2D eigenvalue weighted by atomic mass is 19.4. The Morgan fingerprint density at radius 3 is 2.00 bits per heavy atom. The molecule has 0 bridgehead atoms. The molecule has 2 rings (SSSR count). The molecule has 19 heavy (non-hydrogen) atoms. The second-order valence-electron chi connectivity index (χ2n) is 4.20. The van der Waals surface area contributed by atoms with Crippen LogP contribution < -0.4 is 5.73 Å². The minimum absolute atomic E-state index is 0.249. The van der Waals surface area contributed by atoms with Gasteiger partial charge in [0.1, 0.15) is 6.04 Å². The van der Waals surface area contributed by atoms with Crippen molar-refractivity contribution in [3.05, 3.63) is 48.0 Å². The van der Waals surface area contributed by atoms with Gasteiger partial charge in [0, 0.05) is 0 Å². The molecule has 0 aromatic heterocycles. The van der Waals surface area contributed by atoms with E-state index in [0.29, 0.717) is 5.39 Å². The molecule has 0 amide bonds. The quantitative estimate of drug-likeness (QED) is 0.822. The van der Waals surface area contributed by atoms with Gasteiger partial charge in [0.15, 0.2) is 0 Å². The third kappa shape index (κ3) is 2.40. The highest BCUT2D eigenvalue weighted by Gasteiger charge is 2.61. The van der Waals surface area contributed by atoms with Crippen molar-refractivity contribution in [2.75, 3.05) is 0 Å². The van der Waals surface area contributed by atoms with E-state index in [0.717, 1.165) is 5.39 Å². The molecule has 0 saturated heterocycles. The number of rotatable bonds is 2. The molecule has 2 N–H and O–H groups in total. The van der Waals surface area contributed by atoms with Crippen LogP contribution in [-0.2, 0) is 0 Å². The summed E-state index contributed by atoms with van der Waals surface area (Å²) in [4.78, 5) is 0. The first-order chi connectivity index (χ1) is 8.73. The van der Waals surface area contributed by atoms with Crippen molar-refractivity contribution >= 4 is 10.8 Å². The maximum absolute atomic E-state index is 13.2. The van der Waals surface area contributed by atoms with Crippen molar-refractivity contribution in [3.8, 4) is 0 Å². The van der Waals surface area contributed by atoms with E-state index in [9.17, 15) is 22.0 Å². The van der Waals surface area contributed by atoms with Gasteiger partial charge in [-0.1, -0.05) is 36.4 Å². The van der Waals surface area contributed by atoms with E-state index >= 15 is 0 Å². The molecule has 0 spiro atoms. The van der Waals surface area contributed by atoms with Gasteiger partial charge in [-0.25, -0.2) is 0 Å². The number of halogens is 5. The second kappa shape index (κ2) is 4.45. The van der Waals surface area contributed by atoms with E-state index in [1.54, 1.807) is 24.3 Å². The van der Waals surface area contributed by atoms with E-state index in [1.165, 1.54) is 18.2 Å². The Morgan fingerprint density at radius 2 is 1.42 bits per heavy atom. The lowest BCUT2D eigenvalue weighted by atomic mass is 9.98. The van der Waals surface area contributed by atoms with Crippen molar-refractivity contribution in [1.82, 2.24) is 0 Å². The molecule has 2 aromatic carbocycles. The summed E-state index contributed by atoms with van der Waals surface area (Å²) in [7, 11) is 0. The molecular weight excluding hydrogens is 265 g/mol. The van der Waals surface area contributed by atoms with Crippen LogP contribution in [0, 0.1) is 0 Å². The van der Waals surface area contributed by atoms with Gasteiger partial charge < -0.3 is 5.73 Å². The third-order valence-corrected chi connectivity index (χ3v) is 2.90. The maximum atomic E-state index is 13.2. The molecule has 0 saturated carbocycles. The standard InChI is InChI=1S/C13H10F5N/c14-12(15,13(16,17)18)11(19)10-6-5-8-3-1-2-4-9(8)7-10/h1-7,11H,19H2/t11-/m1/s1. The third-order valence-electron chi connectivity index (χ3n) is 2.90. The first-order valence-corrected chi connectivity index (χ1v) is 5.42. The van der Waals surface area contributed by atoms with Crippen molar-refractivity contribution in [2.24, 2.45) is 5.73 Å². The Labute approximate surface area is 105 Å². The van der Waals surface area contributed by atoms with Crippen LogP contribution in [0.25, 0.3) is 10.8 Å². The van der Waals surface area contributed by atoms with Gasteiger partial charge in [-0.2, -0.15) is 22.0 Å². The van der Waals surface area contributed by atoms with Crippen LogP contribution in [0.5, 0.6) is 0 Å². The van der Waals surface area contributed by atoms with Gasteiger partial charge in [-0.15, -0.1) is 0 Å². The average Bonchev–Trinajstić information content (AvgIpc) is 2.36. The van der Waals surface area contributed by atoms with Crippen LogP contribution in [0.2, 0.25) is 0 Å². The Morgan fingerprint density at radius 1 is 0.842 bits per heavy atom. The Balaban J connectivity index is 2.44. The van der Waals surface area contributed by atoms with Crippen molar-refractivity contribution in [2.45, 2.75) is 18.1 Å². The topological polar surface area (TPSA) is 26.0 Å². The summed E-state index contributed by atoms with van der Waals surface area (Å²) in [6.45, 7) is 0. The summed E-state index contributed by atoms with van der Waals surface area (Å²) < 4.78 is 63.1. The minimum Gasteiger partial charge on any atom is -0.319 e. The number of benzene rings is 2. The monoisotopic (exact) mass is 275 g/mol. The largest absolute Gasteiger partial charge is 0.455 e. The highest BCUT2D eigenvalue weighted by Crippen LogP contribution is 2.43. The van der Waals surface area contributed by atoms with Gasteiger partial charge >= 0.3 is 12.1 Å². The van der Waals surface area contributed by atoms with Crippen molar-refractivity contribution < 1.29 is 22.0 Å². The molecule has 1 atom stereocenters. The molecule has 1 nitrogen and oxygen atoms in total. The number of hydrogen-bond acceptors (Lipinski definition) is 1. The predicted molar refractivity (Wildman–Crippen MR) is 61.9 cm³/mol. The normalized spacial score (nSPS) is 14.6. The van der Waals surface area contributed by atoms with Gasteiger partial charge in [-0.05, 0) is 22.4 Å². The molecule has 0 heterocycles. The molecule has 0 aliphatic rings. The second-order valence-corrected chi connectivity index (χ2v) is 4.20. The number of fused-ring (bicyclic) bond motifs is 1. The fourth-order valence-corrected chi connectivity index (χ4v) is 1.79. The lowest BCUT2D eigenvalue weighted by molar-refractivity contribution is -0.290. The highest BCUT2D eigenvalue weighted by molar-refractivity contribution is 5.83. The molecule has 0 aliphatic carbocycles. The molecule has 102 valence electrons. The van der Waals surface area contributed by atoms with Crippen LogP contribution in [-0.4, -0.2) is 12.1 Å².